The van der Waals surface area contributed by atoms with Crippen molar-refractivity contribution in [1.82, 2.24) is 10.2 Å². The van der Waals surface area contributed by atoms with Gasteiger partial charge in [-0.1, -0.05) is 0 Å². The second-order valence-corrected chi connectivity index (χ2v) is 4.09. The summed E-state index contributed by atoms with van der Waals surface area (Å²) in [6, 6.07) is 2.40. The Kier molecular flexibility index (Phi) is 1.90. The summed E-state index contributed by atoms with van der Waals surface area (Å²) in [5, 5.41) is 3.50. The highest BCUT2D eigenvalue weighted by atomic mass is 15.3. The molecule has 2 aliphatic rings. The number of piperazine rings is 1. The van der Waals surface area contributed by atoms with Crippen molar-refractivity contribution < 1.29 is 0 Å². The van der Waals surface area contributed by atoms with E-state index in [1.165, 1.54) is 25.9 Å². The van der Waals surface area contributed by atoms with E-state index in [0.717, 1.165) is 12.1 Å². The minimum absolute atomic E-state index is 0.701. The minimum Gasteiger partial charge on any atom is -0.311 e. The standard InChI is InChI=1S/C9H18N2/c1-7-6-11(9-3-4-9)8(2)5-10-7/h7-10H,3-6H2,1-2H3/t7-,8-/m0/s1. The molecule has 1 saturated heterocycles. The van der Waals surface area contributed by atoms with Gasteiger partial charge in [-0.3, -0.25) is 4.90 Å². The molecule has 64 valence electrons. The monoisotopic (exact) mass is 154 g/mol. The Bertz CT molecular complexity index is 142. The van der Waals surface area contributed by atoms with Gasteiger partial charge in [0.2, 0.25) is 0 Å². The molecule has 0 aromatic heterocycles. The zero-order chi connectivity index (χ0) is 7.84. The Morgan fingerprint density at radius 3 is 2.64 bits per heavy atom. The average molecular weight is 154 g/mol. The highest BCUT2D eigenvalue weighted by molar-refractivity contribution is 4.92. The lowest BCUT2D eigenvalue weighted by molar-refractivity contribution is 0.138. The molecule has 1 N–H and O–H groups in total. The maximum Gasteiger partial charge on any atom is 0.0196 e. The van der Waals surface area contributed by atoms with Gasteiger partial charge in [0.25, 0.3) is 0 Å². The SMILES string of the molecule is C[C@H]1CN(C2CC2)[C@@H](C)CN1. The minimum atomic E-state index is 0.701. The van der Waals surface area contributed by atoms with E-state index in [1.807, 2.05) is 0 Å². The lowest BCUT2D eigenvalue weighted by Gasteiger charge is -2.37. The van der Waals surface area contributed by atoms with E-state index in [4.69, 9.17) is 0 Å². The molecule has 0 spiro atoms. The van der Waals surface area contributed by atoms with E-state index in [1.54, 1.807) is 0 Å². The molecule has 2 rings (SSSR count). The van der Waals surface area contributed by atoms with Gasteiger partial charge in [-0.2, -0.15) is 0 Å². The van der Waals surface area contributed by atoms with Gasteiger partial charge in [0, 0.05) is 31.2 Å². The van der Waals surface area contributed by atoms with E-state index >= 15 is 0 Å². The van der Waals surface area contributed by atoms with Crippen molar-refractivity contribution in [3.05, 3.63) is 0 Å². The summed E-state index contributed by atoms with van der Waals surface area (Å²) in [6.45, 7) is 7.04. The third-order valence-corrected chi connectivity index (χ3v) is 2.83. The second-order valence-electron chi connectivity index (χ2n) is 4.09. The molecule has 0 radical (unpaired) electrons. The van der Waals surface area contributed by atoms with Crippen molar-refractivity contribution in [2.24, 2.45) is 0 Å². The number of nitrogens with zero attached hydrogens (tertiary/aromatic N) is 1. The van der Waals surface area contributed by atoms with Gasteiger partial charge in [-0.25, -0.2) is 0 Å². The molecule has 0 bridgehead atoms. The van der Waals surface area contributed by atoms with Crippen LogP contribution in [-0.2, 0) is 0 Å². The predicted octanol–water partition coefficient (Wildman–Crippen LogP) is 0.831. The predicted molar refractivity (Wildman–Crippen MR) is 46.7 cm³/mol. The molecule has 11 heavy (non-hydrogen) atoms. The summed E-state index contributed by atoms with van der Waals surface area (Å²) in [7, 11) is 0. The smallest absolute Gasteiger partial charge is 0.0196 e. The summed E-state index contributed by atoms with van der Waals surface area (Å²) in [5.74, 6) is 0. The van der Waals surface area contributed by atoms with Crippen LogP contribution < -0.4 is 5.32 Å². The molecule has 1 saturated carbocycles. The number of hydrogen-bond donors (Lipinski definition) is 1. The normalized spacial score (nSPS) is 40.9. The zero-order valence-electron chi connectivity index (χ0n) is 7.51. The maximum atomic E-state index is 3.50. The third-order valence-electron chi connectivity index (χ3n) is 2.83. The van der Waals surface area contributed by atoms with Crippen molar-refractivity contribution in [1.29, 1.82) is 0 Å². The Morgan fingerprint density at radius 1 is 1.27 bits per heavy atom. The molecular formula is C9H18N2. The molecule has 0 unspecified atom stereocenters. The van der Waals surface area contributed by atoms with Crippen molar-refractivity contribution >= 4 is 0 Å². The van der Waals surface area contributed by atoms with Gasteiger partial charge >= 0.3 is 0 Å². The Morgan fingerprint density at radius 2 is 2.00 bits per heavy atom. The van der Waals surface area contributed by atoms with Crippen LogP contribution in [0.15, 0.2) is 0 Å². The van der Waals surface area contributed by atoms with Crippen LogP contribution in [0.5, 0.6) is 0 Å². The van der Waals surface area contributed by atoms with Crippen LogP contribution >= 0.6 is 0 Å². The fourth-order valence-corrected chi connectivity index (χ4v) is 1.96. The average Bonchev–Trinajstić information content (AvgIpc) is 2.76. The number of rotatable bonds is 1. The molecule has 2 fully saturated rings. The molecule has 2 nitrogen and oxygen atoms in total. The molecule has 1 heterocycles. The zero-order valence-corrected chi connectivity index (χ0v) is 7.51. The van der Waals surface area contributed by atoms with E-state index in [0.29, 0.717) is 6.04 Å². The molecule has 2 heteroatoms. The molecule has 1 aliphatic heterocycles. The molecule has 0 aromatic carbocycles. The summed E-state index contributed by atoms with van der Waals surface area (Å²) in [5.41, 5.74) is 0. The molecule has 0 aromatic rings. The van der Waals surface area contributed by atoms with E-state index in [2.05, 4.69) is 24.1 Å². The Hall–Kier alpha value is -0.0800. The van der Waals surface area contributed by atoms with Crippen molar-refractivity contribution in [2.45, 2.75) is 44.8 Å². The second kappa shape index (κ2) is 2.76. The molecule has 2 atom stereocenters. The van der Waals surface area contributed by atoms with Gasteiger partial charge in [0.15, 0.2) is 0 Å². The van der Waals surface area contributed by atoms with E-state index < -0.39 is 0 Å². The van der Waals surface area contributed by atoms with E-state index in [-0.39, 0.29) is 0 Å². The summed E-state index contributed by atoms with van der Waals surface area (Å²) in [4.78, 5) is 2.67. The topological polar surface area (TPSA) is 15.3 Å². The lowest BCUT2D eigenvalue weighted by atomic mass is 10.1. The quantitative estimate of drug-likeness (QED) is 0.602. The summed E-state index contributed by atoms with van der Waals surface area (Å²) >= 11 is 0. The van der Waals surface area contributed by atoms with Crippen LogP contribution in [0.25, 0.3) is 0 Å². The first-order valence-corrected chi connectivity index (χ1v) is 4.76. The Balaban J connectivity index is 1.93. The fraction of sp³-hybridized carbons (Fsp3) is 1.00. The molecular weight excluding hydrogens is 136 g/mol. The first-order chi connectivity index (χ1) is 5.27. The van der Waals surface area contributed by atoms with Crippen molar-refractivity contribution in [3.63, 3.8) is 0 Å². The first-order valence-electron chi connectivity index (χ1n) is 4.76. The fourth-order valence-electron chi connectivity index (χ4n) is 1.96. The van der Waals surface area contributed by atoms with Crippen molar-refractivity contribution in [3.8, 4) is 0 Å². The van der Waals surface area contributed by atoms with Crippen LogP contribution in [0.2, 0.25) is 0 Å². The maximum absolute atomic E-state index is 3.50. The van der Waals surface area contributed by atoms with Gasteiger partial charge in [0.05, 0.1) is 0 Å². The van der Waals surface area contributed by atoms with Gasteiger partial charge < -0.3 is 5.32 Å². The summed E-state index contributed by atoms with van der Waals surface area (Å²) in [6.07, 6.45) is 2.88. The van der Waals surface area contributed by atoms with E-state index in [9.17, 15) is 0 Å². The van der Waals surface area contributed by atoms with Crippen LogP contribution in [0.4, 0.5) is 0 Å². The van der Waals surface area contributed by atoms with Gasteiger partial charge in [-0.05, 0) is 26.7 Å². The highest BCUT2D eigenvalue weighted by Crippen LogP contribution is 2.29. The molecule has 1 aliphatic carbocycles. The lowest BCUT2D eigenvalue weighted by Crippen LogP contribution is -2.54. The molecule has 0 amide bonds. The van der Waals surface area contributed by atoms with Crippen LogP contribution in [-0.4, -0.2) is 36.1 Å². The van der Waals surface area contributed by atoms with Gasteiger partial charge in [0.1, 0.15) is 0 Å². The number of hydrogen-bond acceptors (Lipinski definition) is 2. The van der Waals surface area contributed by atoms with Crippen LogP contribution in [0.1, 0.15) is 26.7 Å². The largest absolute Gasteiger partial charge is 0.311 e. The van der Waals surface area contributed by atoms with Crippen LogP contribution in [0.3, 0.4) is 0 Å². The van der Waals surface area contributed by atoms with Crippen LogP contribution in [0, 0.1) is 0 Å². The highest BCUT2D eigenvalue weighted by Gasteiger charge is 2.34. The Labute approximate surface area is 69.0 Å². The van der Waals surface area contributed by atoms with Crippen molar-refractivity contribution in [2.75, 3.05) is 13.1 Å². The number of nitrogens with one attached hydrogen (secondary N) is 1. The summed E-state index contributed by atoms with van der Waals surface area (Å²) < 4.78 is 0. The van der Waals surface area contributed by atoms with Gasteiger partial charge in [-0.15, -0.1) is 0 Å². The first kappa shape index (κ1) is 7.56. The third kappa shape index (κ3) is 1.57.